The van der Waals surface area contributed by atoms with Gasteiger partial charge in [-0.3, -0.25) is 0 Å². The van der Waals surface area contributed by atoms with Crippen LogP contribution < -0.4 is 9.80 Å². The molecule has 0 aliphatic heterocycles. The monoisotopic (exact) mass is 800 g/mol. The van der Waals surface area contributed by atoms with E-state index in [0.717, 1.165) is 34.1 Å². The maximum Gasteiger partial charge on any atom is 0.0732 e. The number of fused-ring (bicyclic) bond motifs is 17. The van der Waals surface area contributed by atoms with Crippen molar-refractivity contribution < 1.29 is 0 Å². The Balaban J connectivity index is 1.20. The lowest BCUT2D eigenvalue weighted by atomic mass is 9.69. The Kier molecular flexibility index (Phi) is 7.85. The highest BCUT2D eigenvalue weighted by Gasteiger charge is 2.54. The first-order valence-corrected chi connectivity index (χ1v) is 21.9. The summed E-state index contributed by atoms with van der Waals surface area (Å²) >= 11 is 0. The molecule has 11 aromatic carbocycles. The molecule has 0 saturated carbocycles. The van der Waals surface area contributed by atoms with Crippen LogP contribution in [0.2, 0.25) is 0 Å². The summed E-state index contributed by atoms with van der Waals surface area (Å²) in [5.41, 5.74) is 16.7. The molecule has 0 fully saturated rings. The third-order valence-corrected chi connectivity index (χ3v) is 13.6. The van der Waals surface area contributed by atoms with Gasteiger partial charge in [-0.05, 0) is 138 Å². The molecule has 294 valence electrons. The number of hydrogen-bond acceptors (Lipinski definition) is 2. The highest BCUT2D eigenvalue weighted by molar-refractivity contribution is 6.24. The maximum atomic E-state index is 2.55. The second-order valence-corrected chi connectivity index (χ2v) is 16.7. The fourth-order valence-corrected chi connectivity index (χ4v) is 11.2. The Labute approximate surface area is 367 Å². The molecule has 0 aromatic heterocycles. The summed E-state index contributed by atoms with van der Waals surface area (Å²) in [6, 6.07) is 89.5. The summed E-state index contributed by atoms with van der Waals surface area (Å²) in [5.74, 6) is 0. The van der Waals surface area contributed by atoms with Crippen molar-refractivity contribution >= 4 is 66.4 Å². The number of anilines is 6. The van der Waals surface area contributed by atoms with E-state index in [9.17, 15) is 0 Å². The zero-order valence-electron chi connectivity index (χ0n) is 34.5. The molecule has 2 heteroatoms. The SMILES string of the molecule is c1ccc(N(c2ccccc2)c2ccc3c4c(c5ccccc5c3c2)-c2c(cc(N(c3ccccc3)c3ccccc3)c3ccccc23)C42c3ccccc3-c3ccccc32)cc1. The molecule has 0 saturated heterocycles. The average molecular weight is 801 g/mol. The molecule has 0 heterocycles. The Morgan fingerprint density at radius 3 is 1.22 bits per heavy atom. The van der Waals surface area contributed by atoms with Crippen molar-refractivity contribution in [1.82, 2.24) is 0 Å². The van der Waals surface area contributed by atoms with Crippen LogP contribution in [0.25, 0.3) is 54.6 Å². The van der Waals surface area contributed by atoms with Gasteiger partial charge in [-0.25, -0.2) is 0 Å². The van der Waals surface area contributed by atoms with E-state index < -0.39 is 5.41 Å². The number of nitrogens with zero attached hydrogens (tertiary/aromatic N) is 2. The van der Waals surface area contributed by atoms with Gasteiger partial charge in [0.1, 0.15) is 0 Å². The Hall–Kier alpha value is -8.20. The van der Waals surface area contributed by atoms with Crippen LogP contribution in [0.3, 0.4) is 0 Å². The van der Waals surface area contributed by atoms with E-state index in [0.29, 0.717) is 0 Å². The summed E-state index contributed by atoms with van der Waals surface area (Å²) < 4.78 is 0. The van der Waals surface area contributed by atoms with Crippen molar-refractivity contribution in [3.8, 4) is 22.3 Å². The van der Waals surface area contributed by atoms with Gasteiger partial charge in [-0.2, -0.15) is 0 Å². The molecule has 0 N–H and O–H groups in total. The summed E-state index contributed by atoms with van der Waals surface area (Å²) in [5, 5.41) is 7.50. The third kappa shape index (κ3) is 5.07. The molecule has 63 heavy (non-hydrogen) atoms. The Morgan fingerprint density at radius 1 is 0.254 bits per heavy atom. The predicted octanol–water partition coefficient (Wildman–Crippen LogP) is 16.4. The molecule has 2 nitrogen and oxygen atoms in total. The van der Waals surface area contributed by atoms with Gasteiger partial charge >= 0.3 is 0 Å². The fourth-order valence-electron chi connectivity index (χ4n) is 11.2. The number of hydrogen-bond donors (Lipinski definition) is 0. The quantitative estimate of drug-likeness (QED) is 0.155. The fraction of sp³-hybridized carbons (Fsp3) is 0.0164. The summed E-state index contributed by atoms with van der Waals surface area (Å²) in [4.78, 5) is 4.84. The molecule has 0 atom stereocenters. The van der Waals surface area contributed by atoms with Crippen LogP contribution in [0.15, 0.2) is 243 Å². The lowest BCUT2D eigenvalue weighted by Gasteiger charge is -2.34. The van der Waals surface area contributed by atoms with E-state index in [1.54, 1.807) is 0 Å². The number of rotatable bonds is 6. The van der Waals surface area contributed by atoms with Crippen molar-refractivity contribution in [3.05, 3.63) is 265 Å². The topological polar surface area (TPSA) is 6.48 Å². The van der Waals surface area contributed by atoms with E-state index in [4.69, 9.17) is 0 Å². The standard InChI is InChI=1S/C61H40N2/c1-5-21-41(22-6-1)62(42-23-7-2-8-24-42)45-37-38-52-53(39-45)46-29-13-15-33-50(46)59-58-51-34-16-14-32-49(51)57(63(43-25-9-3-10-26-43)44-27-11-4-12-28-44)40-56(58)61(60(52)59)54-35-19-17-30-47(54)48-31-18-20-36-55(48)61/h1-40H. The number of para-hydroxylation sites is 4. The highest BCUT2D eigenvalue weighted by atomic mass is 15.1. The molecule has 0 bridgehead atoms. The molecular weight excluding hydrogens is 761 g/mol. The molecule has 0 unspecified atom stereocenters. The molecule has 1 spiro atoms. The molecule has 0 radical (unpaired) electrons. The van der Waals surface area contributed by atoms with Gasteiger partial charge < -0.3 is 9.80 Å². The van der Waals surface area contributed by atoms with Crippen molar-refractivity contribution in [2.75, 3.05) is 9.80 Å². The molecule has 11 aromatic rings. The van der Waals surface area contributed by atoms with Crippen molar-refractivity contribution in [2.45, 2.75) is 5.41 Å². The number of benzene rings is 11. The summed E-state index contributed by atoms with van der Waals surface area (Å²) in [7, 11) is 0. The normalized spacial score (nSPS) is 12.9. The summed E-state index contributed by atoms with van der Waals surface area (Å²) in [6.45, 7) is 0. The zero-order chi connectivity index (χ0) is 41.5. The highest BCUT2D eigenvalue weighted by Crippen LogP contribution is 2.67. The average Bonchev–Trinajstić information content (AvgIpc) is 3.84. The van der Waals surface area contributed by atoms with Gasteiger partial charge in [0.25, 0.3) is 0 Å². The van der Waals surface area contributed by atoms with E-state index in [-0.39, 0.29) is 0 Å². The van der Waals surface area contributed by atoms with Crippen LogP contribution in [-0.2, 0) is 5.41 Å². The van der Waals surface area contributed by atoms with E-state index in [1.165, 1.54) is 76.8 Å². The van der Waals surface area contributed by atoms with Crippen molar-refractivity contribution in [3.63, 3.8) is 0 Å². The van der Waals surface area contributed by atoms with Gasteiger partial charge in [0.15, 0.2) is 0 Å². The third-order valence-electron chi connectivity index (χ3n) is 13.6. The van der Waals surface area contributed by atoms with Crippen molar-refractivity contribution in [2.24, 2.45) is 0 Å². The minimum atomic E-state index is -0.613. The van der Waals surface area contributed by atoms with Crippen LogP contribution in [-0.4, -0.2) is 0 Å². The molecule has 2 aliphatic carbocycles. The molecule has 13 rings (SSSR count). The lowest BCUT2D eigenvalue weighted by molar-refractivity contribution is 0.802. The first-order valence-electron chi connectivity index (χ1n) is 21.9. The van der Waals surface area contributed by atoms with E-state index in [1.807, 2.05) is 0 Å². The lowest BCUT2D eigenvalue weighted by Crippen LogP contribution is -2.26. The second-order valence-electron chi connectivity index (χ2n) is 16.7. The van der Waals surface area contributed by atoms with Crippen LogP contribution in [0.4, 0.5) is 34.1 Å². The van der Waals surface area contributed by atoms with Crippen molar-refractivity contribution in [1.29, 1.82) is 0 Å². The first-order chi connectivity index (χ1) is 31.3. The summed E-state index contributed by atoms with van der Waals surface area (Å²) in [6.07, 6.45) is 0. The van der Waals surface area contributed by atoms with Crippen LogP contribution in [0, 0.1) is 0 Å². The Morgan fingerprint density at radius 2 is 0.683 bits per heavy atom. The van der Waals surface area contributed by atoms with Gasteiger partial charge in [0, 0.05) is 33.8 Å². The second kappa shape index (κ2) is 13.9. The first kappa shape index (κ1) is 35.5. The van der Waals surface area contributed by atoms with Gasteiger partial charge in [-0.15, -0.1) is 0 Å². The van der Waals surface area contributed by atoms with Gasteiger partial charge in [-0.1, -0.05) is 176 Å². The van der Waals surface area contributed by atoms with E-state index >= 15 is 0 Å². The molecular formula is C61H40N2. The Bertz CT molecular complexity index is 3440. The zero-order valence-corrected chi connectivity index (χ0v) is 34.5. The molecule has 2 aliphatic rings. The largest absolute Gasteiger partial charge is 0.310 e. The maximum absolute atomic E-state index is 2.55. The molecule has 0 amide bonds. The van der Waals surface area contributed by atoms with Crippen LogP contribution >= 0.6 is 0 Å². The van der Waals surface area contributed by atoms with Crippen LogP contribution in [0.5, 0.6) is 0 Å². The minimum absolute atomic E-state index is 0.613. The minimum Gasteiger partial charge on any atom is -0.310 e. The predicted molar refractivity (Wildman–Crippen MR) is 265 cm³/mol. The van der Waals surface area contributed by atoms with Gasteiger partial charge in [0.05, 0.1) is 11.1 Å². The van der Waals surface area contributed by atoms with E-state index in [2.05, 4.69) is 252 Å². The smallest absolute Gasteiger partial charge is 0.0732 e. The van der Waals surface area contributed by atoms with Crippen LogP contribution in [0.1, 0.15) is 22.3 Å². The van der Waals surface area contributed by atoms with Gasteiger partial charge in [0.2, 0.25) is 0 Å².